The second kappa shape index (κ2) is 3.85. The van der Waals surface area contributed by atoms with Crippen LogP contribution in [0.4, 0.5) is 0 Å². The van der Waals surface area contributed by atoms with Crippen molar-refractivity contribution in [2.24, 2.45) is 5.11 Å². The van der Waals surface area contributed by atoms with Crippen LogP contribution in [0.5, 0.6) is 5.75 Å². The molecule has 1 aromatic carbocycles. The molecule has 0 aliphatic heterocycles. The SMILES string of the molecule is [N-]=[N+]=NCc1ccc(O)cc1Cl. The van der Waals surface area contributed by atoms with Gasteiger partial charge in [0.2, 0.25) is 0 Å². The highest BCUT2D eigenvalue weighted by molar-refractivity contribution is 6.31. The highest BCUT2D eigenvalue weighted by atomic mass is 35.5. The van der Waals surface area contributed by atoms with Crippen LogP contribution in [0.2, 0.25) is 5.02 Å². The van der Waals surface area contributed by atoms with Crippen LogP contribution in [0, 0.1) is 0 Å². The highest BCUT2D eigenvalue weighted by Crippen LogP contribution is 2.21. The van der Waals surface area contributed by atoms with Crippen molar-refractivity contribution in [3.8, 4) is 5.75 Å². The first kappa shape index (κ1) is 8.71. The summed E-state index contributed by atoms with van der Waals surface area (Å²) in [6.07, 6.45) is 0. The number of hydrogen-bond donors (Lipinski definition) is 1. The maximum atomic E-state index is 8.98. The number of phenols is 1. The number of azide groups is 1. The topological polar surface area (TPSA) is 69.0 Å². The van der Waals surface area contributed by atoms with Crippen molar-refractivity contribution in [1.29, 1.82) is 0 Å². The zero-order valence-corrected chi connectivity index (χ0v) is 6.86. The first-order valence-corrected chi connectivity index (χ1v) is 3.60. The summed E-state index contributed by atoms with van der Waals surface area (Å²) >= 11 is 5.72. The molecule has 0 radical (unpaired) electrons. The Morgan fingerprint density at radius 1 is 1.58 bits per heavy atom. The molecule has 1 rings (SSSR count). The van der Waals surface area contributed by atoms with Crippen LogP contribution in [0.3, 0.4) is 0 Å². The maximum Gasteiger partial charge on any atom is 0.117 e. The monoisotopic (exact) mass is 183 g/mol. The summed E-state index contributed by atoms with van der Waals surface area (Å²) in [5.41, 5.74) is 8.74. The lowest BCUT2D eigenvalue weighted by Gasteiger charge is -1.99. The standard InChI is InChI=1S/C7H6ClN3O/c8-7-3-6(12)2-1-5(7)4-10-11-9/h1-3,12H,4H2. The van der Waals surface area contributed by atoms with Crippen LogP contribution >= 0.6 is 11.6 Å². The van der Waals surface area contributed by atoms with Gasteiger partial charge in [0.1, 0.15) is 5.75 Å². The minimum Gasteiger partial charge on any atom is -0.508 e. The molecule has 0 amide bonds. The highest BCUT2D eigenvalue weighted by Gasteiger charge is 1.98. The predicted octanol–water partition coefficient (Wildman–Crippen LogP) is 2.86. The summed E-state index contributed by atoms with van der Waals surface area (Å²) in [5, 5.41) is 12.7. The summed E-state index contributed by atoms with van der Waals surface area (Å²) in [6.45, 7) is 0.204. The van der Waals surface area contributed by atoms with Gasteiger partial charge >= 0.3 is 0 Å². The molecule has 0 atom stereocenters. The molecule has 0 unspecified atom stereocenters. The summed E-state index contributed by atoms with van der Waals surface area (Å²) in [7, 11) is 0. The van der Waals surface area contributed by atoms with Crippen molar-refractivity contribution in [2.45, 2.75) is 6.54 Å². The Balaban J connectivity index is 2.93. The smallest absolute Gasteiger partial charge is 0.117 e. The molecule has 0 aliphatic carbocycles. The third-order valence-corrected chi connectivity index (χ3v) is 1.69. The van der Waals surface area contributed by atoms with E-state index in [0.717, 1.165) is 0 Å². The number of halogens is 1. The van der Waals surface area contributed by atoms with E-state index in [4.69, 9.17) is 22.2 Å². The third kappa shape index (κ3) is 2.05. The normalized spacial score (nSPS) is 9.08. The van der Waals surface area contributed by atoms with Crippen LogP contribution in [-0.2, 0) is 6.54 Å². The first-order valence-electron chi connectivity index (χ1n) is 3.22. The molecule has 1 aromatic rings. The number of aromatic hydroxyl groups is 1. The summed E-state index contributed by atoms with van der Waals surface area (Å²) in [6, 6.07) is 4.52. The van der Waals surface area contributed by atoms with Crippen molar-refractivity contribution < 1.29 is 5.11 Å². The lowest BCUT2D eigenvalue weighted by molar-refractivity contribution is 0.475. The fraction of sp³-hybridized carbons (Fsp3) is 0.143. The van der Waals surface area contributed by atoms with Gasteiger partial charge in [-0.2, -0.15) is 0 Å². The van der Waals surface area contributed by atoms with E-state index in [9.17, 15) is 0 Å². The van der Waals surface area contributed by atoms with Gasteiger partial charge in [-0.1, -0.05) is 22.8 Å². The molecule has 5 heteroatoms. The van der Waals surface area contributed by atoms with Crippen molar-refractivity contribution in [3.63, 3.8) is 0 Å². The van der Waals surface area contributed by atoms with Gasteiger partial charge in [-0.3, -0.25) is 0 Å². The fourth-order valence-electron chi connectivity index (χ4n) is 0.772. The Morgan fingerprint density at radius 2 is 2.33 bits per heavy atom. The minimum absolute atomic E-state index is 0.102. The Labute approximate surface area is 74.0 Å². The fourth-order valence-corrected chi connectivity index (χ4v) is 1.01. The Hall–Kier alpha value is -1.38. The molecular weight excluding hydrogens is 178 g/mol. The number of phenolic OH excluding ortho intramolecular Hbond substituents is 1. The van der Waals surface area contributed by atoms with Gasteiger partial charge in [-0.25, -0.2) is 0 Å². The average Bonchev–Trinajstić information content (AvgIpc) is 2.03. The van der Waals surface area contributed by atoms with E-state index in [1.54, 1.807) is 6.07 Å². The van der Waals surface area contributed by atoms with Crippen molar-refractivity contribution in [2.75, 3.05) is 0 Å². The van der Waals surface area contributed by atoms with Gasteiger partial charge in [0.25, 0.3) is 0 Å². The second-order valence-corrected chi connectivity index (χ2v) is 2.57. The molecule has 4 nitrogen and oxygen atoms in total. The summed E-state index contributed by atoms with van der Waals surface area (Å²) in [4.78, 5) is 2.60. The van der Waals surface area contributed by atoms with Gasteiger partial charge in [-0.15, -0.1) is 0 Å². The van der Waals surface area contributed by atoms with E-state index in [2.05, 4.69) is 10.0 Å². The van der Waals surface area contributed by atoms with Gasteiger partial charge < -0.3 is 5.11 Å². The van der Waals surface area contributed by atoms with E-state index in [1.807, 2.05) is 0 Å². The molecule has 0 aliphatic rings. The zero-order valence-electron chi connectivity index (χ0n) is 6.11. The van der Waals surface area contributed by atoms with Crippen LogP contribution in [0.1, 0.15) is 5.56 Å². The van der Waals surface area contributed by atoms with Crippen LogP contribution < -0.4 is 0 Å². The van der Waals surface area contributed by atoms with Gasteiger partial charge in [-0.05, 0) is 23.2 Å². The van der Waals surface area contributed by atoms with E-state index in [1.165, 1.54) is 12.1 Å². The lowest BCUT2D eigenvalue weighted by Crippen LogP contribution is -1.80. The summed E-state index contributed by atoms with van der Waals surface area (Å²) in [5.74, 6) is 0.102. The van der Waals surface area contributed by atoms with E-state index < -0.39 is 0 Å². The minimum atomic E-state index is 0.102. The Morgan fingerprint density at radius 3 is 2.92 bits per heavy atom. The molecule has 12 heavy (non-hydrogen) atoms. The zero-order chi connectivity index (χ0) is 8.97. The molecule has 0 bridgehead atoms. The van der Waals surface area contributed by atoms with Crippen molar-refractivity contribution >= 4 is 11.6 Å². The first-order chi connectivity index (χ1) is 5.74. The quantitative estimate of drug-likeness (QED) is 0.428. The number of nitrogens with zero attached hydrogens (tertiary/aromatic N) is 3. The van der Waals surface area contributed by atoms with Crippen LogP contribution in [-0.4, -0.2) is 5.11 Å². The second-order valence-electron chi connectivity index (χ2n) is 2.16. The number of benzene rings is 1. The van der Waals surface area contributed by atoms with Gasteiger partial charge in [0.15, 0.2) is 0 Å². The third-order valence-electron chi connectivity index (χ3n) is 1.34. The lowest BCUT2D eigenvalue weighted by atomic mass is 10.2. The van der Waals surface area contributed by atoms with E-state index >= 15 is 0 Å². The van der Waals surface area contributed by atoms with Crippen molar-refractivity contribution in [3.05, 3.63) is 39.2 Å². The number of hydrogen-bond acceptors (Lipinski definition) is 2. The molecule has 0 heterocycles. The Bertz CT molecular complexity index is 333. The van der Waals surface area contributed by atoms with Gasteiger partial charge in [0, 0.05) is 9.93 Å². The molecular formula is C7H6ClN3O. The molecule has 0 aromatic heterocycles. The molecule has 0 saturated carbocycles. The number of rotatable bonds is 2. The molecule has 0 fully saturated rings. The van der Waals surface area contributed by atoms with E-state index in [-0.39, 0.29) is 12.3 Å². The summed E-state index contributed by atoms with van der Waals surface area (Å²) < 4.78 is 0. The van der Waals surface area contributed by atoms with Crippen LogP contribution in [0.15, 0.2) is 23.3 Å². The maximum absolute atomic E-state index is 8.98. The largest absolute Gasteiger partial charge is 0.508 e. The molecule has 1 N–H and O–H groups in total. The van der Waals surface area contributed by atoms with Crippen LogP contribution in [0.25, 0.3) is 10.4 Å². The molecule has 0 saturated heterocycles. The predicted molar refractivity (Wildman–Crippen MR) is 46.0 cm³/mol. The van der Waals surface area contributed by atoms with Crippen molar-refractivity contribution in [1.82, 2.24) is 0 Å². The van der Waals surface area contributed by atoms with E-state index in [0.29, 0.717) is 10.6 Å². The molecule has 62 valence electrons. The molecule has 0 spiro atoms. The average molecular weight is 184 g/mol. The van der Waals surface area contributed by atoms with Gasteiger partial charge in [0.05, 0.1) is 6.54 Å². The Kier molecular flexibility index (Phi) is 2.80.